The average molecular weight is 745 g/mol. The molecule has 4 heteroatoms. The maximum absolute atomic E-state index is 2.38. The number of rotatable bonds is 13. The molecular formula is C42H40ClP2Rh-. The summed E-state index contributed by atoms with van der Waals surface area (Å²) in [6, 6.07) is 67.8. The van der Waals surface area contributed by atoms with Crippen LogP contribution < -0.4 is 33.6 Å². The molecule has 0 saturated heterocycles. The molecule has 2 unspecified atom stereocenters. The van der Waals surface area contributed by atoms with Crippen molar-refractivity contribution in [2.45, 2.75) is 37.0 Å². The SMILES string of the molecule is [Cl-].[Rh].c1ccc(CCC(C(CCc2ccccc2)P(c2ccccc2)c2ccccc2)P(c2ccccc2)c2ccccc2)cc1. The molecule has 0 aliphatic carbocycles. The molecular weight excluding hydrogens is 705 g/mol. The van der Waals surface area contributed by atoms with Crippen LogP contribution in [0.3, 0.4) is 0 Å². The van der Waals surface area contributed by atoms with Gasteiger partial charge in [0.2, 0.25) is 0 Å². The first-order valence-electron chi connectivity index (χ1n) is 15.7. The zero-order chi connectivity index (χ0) is 29.8. The van der Waals surface area contributed by atoms with E-state index in [0.717, 1.165) is 25.7 Å². The molecule has 235 valence electrons. The van der Waals surface area contributed by atoms with E-state index in [2.05, 4.69) is 182 Å². The predicted octanol–water partition coefficient (Wildman–Crippen LogP) is 6.26. The topological polar surface area (TPSA) is 0 Å². The van der Waals surface area contributed by atoms with Crippen LogP contribution in [-0.4, -0.2) is 11.3 Å². The van der Waals surface area contributed by atoms with E-state index in [1.165, 1.54) is 32.3 Å². The predicted molar refractivity (Wildman–Crippen MR) is 195 cm³/mol. The van der Waals surface area contributed by atoms with Gasteiger partial charge in [0.05, 0.1) is 0 Å². The summed E-state index contributed by atoms with van der Waals surface area (Å²) < 4.78 is 0. The smallest absolute Gasteiger partial charge is 0 e. The third-order valence-electron chi connectivity index (χ3n) is 8.39. The first kappa shape index (κ1) is 35.9. The van der Waals surface area contributed by atoms with Crippen LogP contribution in [0.5, 0.6) is 0 Å². The minimum atomic E-state index is -0.627. The molecule has 2 atom stereocenters. The van der Waals surface area contributed by atoms with E-state index >= 15 is 0 Å². The normalized spacial score (nSPS) is 12.1. The Balaban J connectivity index is 0.00000240. The molecule has 46 heavy (non-hydrogen) atoms. The van der Waals surface area contributed by atoms with Crippen LogP contribution in [0.1, 0.15) is 24.0 Å². The third kappa shape index (κ3) is 9.57. The first-order valence-corrected chi connectivity index (χ1v) is 18.6. The maximum Gasteiger partial charge on any atom is 0 e. The Morgan fingerprint density at radius 1 is 0.326 bits per heavy atom. The summed E-state index contributed by atoms with van der Waals surface area (Å²) in [6.45, 7) is 0. The molecule has 0 heterocycles. The zero-order valence-corrected chi connectivity index (χ0v) is 30.1. The molecule has 0 N–H and O–H groups in total. The fourth-order valence-corrected chi connectivity index (χ4v) is 13.0. The monoisotopic (exact) mass is 744 g/mol. The second-order valence-electron chi connectivity index (χ2n) is 11.3. The second kappa shape index (κ2) is 19.0. The van der Waals surface area contributed by atoms with Crippen LogP contribution in [0.2, 0.25) is 0 Å². The fraction of sp³-hybridized carbons (Fsp3) is 0.143. The molecule has 0 aliphatic heterocycles. The Kier molecular flexibility index (Phi) is 14.9. The van der Waals surface area contributed by atoms with Gasteiger partial charge in [0, 0.05) is 19.5 Å². The van der Waals surface area contributed by atoms with Crippen molar-refractivity contribution in [1.29, 1.82) is 0 Å². The molecule has 0 nitrogen and oxygen atoms in total. The van der Waals surface area contributed by atoms with Crippen LogP contribution in [0, 0.1) is 0 Å². The van der Waals surface area contributed by atoms with E-state index in [1.807, 2.05) is 0 Å². The Hall–Kier alpha value is -2.91. The Morgan fingerprint density at radius 2 is 0.543 bits per heavy atom. The van der Waals surface area contributed by atoms with Crippen molar-refractivity contribution in [2.75, 3.05) is 0 Å². The molecule has 6 aromatic carbocycles. The molecule has 1 radical (unpaired) electrons. The number of halogens is 1. The van der Waals surface area contributed by atoms with Gasteiger partial charge >= 0.3 is 0 Å². The van der Waals surface area contributed by atoms with Crippen molar-refractivity contribution in [3.8, 4) is 0 Å². The third-order valence-corrected chi connectivity index (χ3v) is 14.6. The summed E-state index contributed by atoms with van der Waals surface area (Å²) >= 11 is 0. The van der Waals surface area contributed by atoms with E-state index in [0.29, 0.717) is 11.3 Å². The minimum absolute atomic E-state index is 0. The molecule has 0 amide bonds. The van der Waals surface area contributed by atoms with Gasteiger partial charge in [-0.3, -0.25) is 0 Å². The maximum atomic E-state index is 2.38. The van der Waals surface area contributed by atoms with Crippen LogP contribution in [0.25, 0.3) is 0 Å². The van der Waals surface area contributed by atoms with Gasteiger partial charge in [-0.15, -0.1) is 0 Å². The summed E-state index contributed by atoms with van der Waals surface area (Å²) in [6.07, 6.45) is 4.46. The van der Waals surface area contributed by atoms with E-state index < -0.39 is 15.8 Å². The molecule has 0 aromatic heterocycles. The molecule has 0 aliphatic rings. The quantitative estimate of drug-likeness (QED) is 0.0969. The van der Waals surface area contributed by atoms with Gasteiger partial charge in [-0.2, -0.15) is 0 Å². The van der Waals surface area contributed by atoms with Gasteiger partial charge in [-0.05, 0) is 85.2 Å². The second-order valence-corrected chi connectivity index (χ2v) is 16.1. The van der Waals surface area contributed by atoms with Gasteiger partial charge < -0.3 is 12.4 Å². The number of benzene rings is 6. The van der Waals surface area contributed by atoms with Crippen molar-refractivity contribution in [1.82, 2.24) is 0 Å². The molecule has 6 rings (SSSR count). The van der Waals surface area contributed by atoms with Crippen molar-refractivity contribution >= 4 is 37.1 Å². The number of hydrogen-bond acceptors (Lipinski definition) is 0. The van der Waals surface area contributed by atoms with Crippen LogP contribution in [0.4, 0.5) is 0 Å². The number of aryl methyl sites for hydroxylation is 2. The average Bonchev–Trinajstić information content (AvgIpc) is 3.11. The van der Waals surface area contributed by atoms with Gasteiger partial charge in [-0.1, -0.05) is 182 Å². The van der Waals surface area contributed by atoms with Crippen LogP contribution in [0.15, 0.2) is 182 Å². The minimum Gasteiger partial charge on any atom is -1.00 e. The van der Waals surface area contributed by atoms with Crippen molar-refractivity contribution in [3.63, 3.8) is 0 Å². The van der Waals surface area contributed by atoms with Crippen LogP contribution in [-0.2, 0) is 32.3 Å². The summed E-state index contributed by atoms with van der Waals surface area (Å²) in [7, 11) is -1.25. The van der Waals surface area contributed by atoms with Crippen molar-refractivity contribution in [2.24, 2.45) is 0 Å². The van der Waals surface area contributed by atoms with Gasteiger partial charge in [0.25, 0.3) is 0 Å². The first-order chi connectivity index (χ1) is 21.9. The summed E-state index contributed by atoms with van der Waals surface area (Å²) in [5.74, 6) is 0. The van der Waals surface area contributed by atoms with Gasteiger partial charge in [-0.25, -0.2) is 0 Å². The summed E-state index contributed by atoms with van der Waals surface area (Å²) in [4.78, 5) is 0. The standard InChI is InChI=1S/C42H40P2.ClH.Rh/c1-7-19-35(20-8-1)31-33-41(43(37-23-11-3-12-24-37)38-25-13-4-14-26-38)42(34-32-36-21-9-2-10-22-36)44(39-27-15-5-16-28-39)40-29-17-6-18-30-40;;/h1-30,41-42H,31-34H2;1H;/p-1. The van der Waals surface area contributed by atoms with E-state index in [9.17, 15) is 0 Å². The van der Waals surface area contributed by atoms with E-state index in [-0.39, 0.29) is 31.9 Å². The Labute approximate surface area is 297 Å². The Morgan fingerprint density at radius 3 is 0.783 bits per heavy atom. The van der Waals surface area contributed by atoms with E-state index in [4.69, 9.17) is 0 Å². The van der Waals surface area contributed by atoms with E-state index in [1.54, 1.807) is 0 Å². The van der Waals surface area contributed by atoms with Gasteiger partial charge in [0.1, 0.15) is 0 Å². The zero-order valence-electron chi connectivity index (χ0n) is 25.9. The van der Waals surface area contributed by atoms with Crippen molar-refractivity contribution in [3.05, 3.63) is 193 Å². The molecule has 0 fully saturated rings. The molecule has 0 saturated carbocycles. The van der Waals surface area contributed by atoms with Crippen molar-refractivity contribution < 1.29 is 31.9 Å². The molecule has 6 aromatic rings. The summed E-state index contributed by atoms with van der Waals surface area (Å²) in [5.41, 5.74) is 3.84. The fourth-order valence-electron chi connectivity index (χ4n) is 6.32. The Bertz CT molecular complexity index is 1450. The summed E-state index contributed by atoms with van der Waals surface area (Å²) in [5, 5.41) is 5.92. The molecule has 0 spiro atoms. The van der Waals surface area contributed by atoms with Gasteiger partial charge in [0.15, 0.2) is 0 Å². The van der Waals surface area contributed by atoms with Crippen LogP contribution >= 0.6 is 15.8 Å². The largest absolute Gasteiger partial charge is 1.00 e. The molecule has 0 bridgehead atoms. The number of hydrogen-bond donors (Lipinski definition) is 0.